The van der Waals surface area contributed by atoms with Gasteiger partial charge in [-0.05, 0) is 31.9 Å². The summed E-state index contributed by atoms with van der Waals surface area (Å²) >= 11 is 0. The van der Waals surface area contributed by atoms with Crippen LogP contribution < -0.4 is 20.7 Å². The van der Waals surface area contributed by atoms with Crippen LogP contribution in [0.4, 0.5) is 10.5 Å². The summed E-state index contributed by atoms with van der Waals surface area (Å²) in [6, 6.07) is 10.7. The molecule has 1 aliphatic carbocycles. The second kappa shape index (κ2) is 18.6. The second-order valence-corrected chi connectivity index (χ2v) is 14.6. The van der Waals surface area contributed by atoms with Gasteiger partial charge in [0, 0.05) is 79.0 Å². The van der Waals surface area contributed by atoms with Gasteiger partial charge in [-0.25, -0.2) is 17.9 Å². The lowest BCUT2D eigenvalue weighted by molar-refractivity contribution is -0.116. The van der Waals surface area contributed by atoms with Crippen molar-refractivity contribution in [2.45, 2.75) is 55.6 Å². The number of nitrogens with zero attached hydrogens (tertiary/aromatic N) is 2. The van der Waals surface area contributed by atoms with E-state index in [4.69, 9.17) is 10.5 Å². The van der Waals surface area contributed by atoms with Crippen LogP contribution in [0.3, 0.4) is 0 Å². The Balaban J connectivity index is 0.00000645. The molecule has 10 nitrogen and oxygen atoms in total. The van der Waals surface area contributed by atoms with Crippen LogP contribution in [0.1, 0.15) is 45.4 Å². The molecule has 0 saturated heterocycles. The Labute approximate surface area is 269 Å². The molecule has 0 radical (unpaired) electrons. The number of hydrogen-bond acceptors (Lipinski definition) is 9. The molecule has 1 fully saturated rings. The molecule has 3 rings (SSSR count). The third kappa shape index (κ3) is 11.1. The Hall–Kier alpha value is -2.16. The molecule has 2 aromatic carbocycles. The molecule has 240 valence electrons. The quantitative estimate of drug-likeness (QED) is 0.127. The van der Waals surface area contributed by atoms with Gasteiger partial charge >= 0.3 is 6.09 Å². The number of nitrogens with two attached hydrogens (primary N) is 1. The molecule has 0 unspecified atom stereocenters. The van der Waals surface area contributed by atoms with Crippen molar-refractivity contribution >= 4 is 73.0 Å². The Morgan fingerprint density at radius 2 is 1.79 bits per heavy atom. The molecule has 0 atom stereocenters. The molecule has 0 spiro atoms. The van der Waals surface area contributed by atoms with Crippen LogP contribution in [0.5, 0.6) is 0 Å². The van der Waals surface area contributed by atoms with Crippen molar-refractivity contribution in [1.82, 2.24) is 14.9 Å². The average Bonchev–Trinajstić information content (AvgIpc) is 2.99. The largest absolute Gasteiger partial charge is 0.449 e. The van der Waals surface area contributed by atoms with Crippen molar-refractivity contribution in [3.8, 4) is 0 Å². The summed E-state index contributed by atoms with van der Waals surface area (Å²) in [6.45, 7) is 2.85. The standard InChI is InChI=1S/C29H43N5O5S3.ClH/c1-22(34(21-35)19-16-30)27(41-40-23-9-5-4-6-10-23)15-20-39-29(36)31-17-18-32-42(37,38)28-14-8-11-24-25(28)12-7-13-26(24)33(2)3;/h7-8,11-14,21,23,32H,4-6,9-10,15-20,30H2,1-3H3,(H,31,36);1H/b27-22-;. The number of allylic oxidation sites excluding steroid dienone is 1. The number of nitrogens with one attached hydrogen (secondary N) is 2. The van der Waals surface area contributed by atoms with E-state index >= 15 is 0 Å². The molecule has 4 N–H and O–H groups in total. The van der Waals surface area contributed by atoms with Crippen LogP contribution in [0, 0.1) is 0 Å². The monoisotopic (exact) mass is 673 g/mol. The van der Waals surface area contributed by atoms with E-state index in [2.05, 4.69) is 10.0 Å². The first-order chi connectivity index (χ1) is 20.2. The van der Waals surface area contributed by atoms with E-state index in [1.807, 2.05) is 54.9 Å². The number of anilines is 1. The Morgan fingerprint density at radius 1 is 1.09 bits per heavy atom. The topological polar surface area (TPSA) is 134 Å². The summed E-state index contributed by atoms with van der Waals surface area (Å²) in [5.41, 5.74) is 7.41. The molecule has 2 amide bonds. The van der Waals surface area contributed by atoms with Gasteiger partial charge in [0.05, 0.1) is 11.5 Å². The minimum atomic E-state index is -3.81. The molecule has 1 aliphatic rings. The van der Waals surface area contributed by atoms with Gasteiger partial charge in [-0.15, -0.1) is 12.4 Å². The van der Waals surface area contributed by atoms with Crippen molar-refractivity contribution < 1.29 is 22.7 Å². The number of benzene rings is 2. The zero-order valence-electron chi connectivity index (χ0n) is 25.0. The molecule has 0 bridgehead atoms. The summed E-state index contributed by atoms with van der Waals surface area (Å²) in [5.74, 6) is 0. The van der Waals surface area contributed by atoms with Gasteiger partial charge in [0.15, 0.2) is 0 Å². The normalized spacial score (nSPS) is 14.4. The van der Waals surface area contributed by atoms with Crippen LogP contribution in [0.25, 0.3) is 10.8 Å². The smallest absolute Gasteiger partial charge is 0.407 e. The van der Waals surface area contributed by atoms with Gasteiger partial charge in [0.1, 0.15) is 0 Å². The fourth-order valence-electron chi connectivity index (χ4n) is 4.77. The molecule has 14 heteroatoms. The number of carbonyl (C=O) groups is 2. The predicted molar refractivity (Wildman–Crippen MR) is 181 cm³/mol. The van der Waals surface area contributed by atoms with Crippen molar-refractivity contribution in [2.24, 2.45) is 5.73 Å². The van der Waals surface area contributed by atoms with Crippen LogP contribution in [0.2, 0.25) is 0 Å². The molecule has 43 heavy (non-hydrogen) atoms. The maximum atomic E-state index is 13.1. The molecule has 1 saturated carbocycles. The number of alkyl carbamates (subject to hydrolysis) is 1. The second-order valence-electron chi connectivity index (χ2n) is 10.3. The Morgan fingerprint density at radius 3 is 2.47 bits per heavy atom. The van der Waals surface area contributed by atoms with Crippen molar-refractivity contribution in [3.63, 3.8) is 0 Å². The van der Waals surface area contributed by atoms with Gasteiger partial charge in [-0.2, -0.15) is 0 Å². The van der Waals surface area contributed by atoms with Crippen LogP contribution in [-0.2, 0) is 19.6 Å². The zero-order chi connectivity index (χ0) is 30.5. The van der Waals surface area contributed by atoms with Gasteiger partial charge in [0.2, 0.25) is 16.4 Å². The van der Waals surface area contributed by atoms with Gasteiger partial charge in [-0.3, -0.25) is 4.79 Å². The van der Waals surface area contributed by atoms with E-state index in [9.17, 15) is 18.0 Å². The summed E-state index contributed by atoms with van der Waals surface area (Å²) in [6.07, 6.45) is 6.74. The van der Waals surface area contributed by atoms with Gasteiger partial charge in [-0.1, -0.05) is 65.1 Å². The Kier molecular flexibility index (Phi) is 16.0. The summed E-state index contributed by atoms with van der Waals surface area (Å²) in [4.78, 5) is 28.6. The first-order valence-electron chi connectivity index (χ1n) is 14.2. The Bertz CT molecular complexity index is 1340. The van der Waals surface area contributed by atoms with Crippen LogP contribution >= 0.6 is 34.0 Å². The summed E-state index contributed by atoms with van der Waals surface area (Å²) in [5, 5.41) is 4.64. The lowest BCUT2D eigenvalue weighted by Crippen LogP contribution is -2.35. The third-order valence-electron chi connectivity index (χ3n) is 7.05. The fraction of sp³-hybridized carbons (Fsp3) is 0.517. The molecule has 2 aromatic rings. The summed E-state index contributed by atoms with van der Waals surface area (Å²) < 4.78 is 34.1. The van der Waals surface area contributed by atoms with Crippen LogP contribution in [-0.4, -0.2) is 78.0 Å². The number of sulfonamides is 1. The highest BCUT2D eigenvalue weighted by Gasteiger charge is 2.20. The highest BCUT2D eigenvalue weighted by molar-refractivity contribution is 8.78. The minimum Gasteiger partial charge on any atom is -0.449 e. The van der Waals surface area contributed by atoms with E-state index in [1.165, 1.54) is 32.1 Å². The average molecular weight is 674 g/mol. The van der Waals surface area contributed by atoms with Crippen LogP contribution in [0.15, 0.2) is 51.9 Å². The minimum absolute atomic E-state index is 0. The molecular formula is C29H44ClN5O5S3. The molecular weight excluding hydrogens is 630 g/mol. The number of fused-ring (bicyclic) bond motifs is 1. The SMILES string of the molecule is C/C(=C(\CCOC(=O)NCCNS(=O)(=O)c1cccc2c(N(C)C)cccc12)SSC1CCCCC1)N(C=O)CCN.Cl. The predicted octanol–water partition coefficient (Wildman–Crippen LogP) is 5.08. The fourth-order valence-corrected chi connectivity index (χ4v) is 9.15. The first-order valence-corrected chi connectivity index (χ1v) is 17.9. The van der Waals surface area contributed by atoms with Crippen molar-refractivity contribution in [2.75, 3.05) is 51.8 Å². The van der Waals surface area contributed by atoms with Crippen molar-refractivity contribution in [3.05, 3.63) is 47.0 Å². The zero-order valence-corrected chi connectivity index (χ0v) is 28.3. The molecule has 0 heterocycles. The first kappa shape index (κ1) is 37.0. The molecule has 0 aliphatic heterocycles. The highest BCUT2D eigenvalue weighted by atomic mass is 35.5. The number of rotatable bonds is 16. The summed E-state index contributed by atoms with van der Waals surface area (Å²) in [7, 11) is 3.48. The van der Waals surface area contributed by atoms with E-state index in [0.29, 0.717) is 30.1 Å². The van der Waals surface area contributed by atoms with E-state index in [1.54, 1.807) is 33.9 Å². The number of hydrogen-bond donors (Lipinski definition) is 3. The van der Waals surface area contributed by atoms with Gasteiger partial charge < -0.3 is 25.6 Å². The number of amides is 2. The van der Waals surface area contributed by atoms with Gasteiger partial charge in [0.25, 0.3) is 0 Å². The van der Waals surface area contributed by atoms with Crippen molar-refractivity contribution in [1.29, 1.82) is 0 Å². The van der Waals surface area contributed by atoms with E-state index in [0.717, 1.165) is 28.1 Å². The number of ether oxygens (including phenoxy) is 1. The number of halogens is 1. The molecule has 0 aromatic heterocycles. The lowest BCUT2D eigenvalue weighted by atomic mass is 10.0. The lowest BCUT2D eigenvalue weighted by Gasteiger charge is -2.24. The van der Waals surface area contributed by atoms with E-state index in [-0.39, 0.29) is 37.0 Å². The van der Waals surface area contributed by atoms with E-state index < -0.39 is 16.1 Å². The highest BCUT2D eigenvalue weighted by Crippen LogP contribution is 2.42. The number of carbonyl (C=O) groups excluding carboxylic acids is 2. The maximum Gasteiger partial charge on any atom is 0.407 e. The maximum absolute atomic E-state index is 13.1. The third-order valence-corrected chi connectivity index (χ3v) is 11.8.